The Morgan fingerprint density at radius 3 is 1.61 bits per heavy atom. The van der Waals surface area contributed by atoms with Crippen molar-refractivity contribution in [2.24, 2.45) is 0 Å². The molecule has 0 saturated heterocycles. The van der Waals surface area contributed by atoms with Crippen LogP contribution in [0, 0.1) is 0 Å². The van der Waals surface area contributed by atoms with Crippen molar-refractivity contribution in [2.45, 2.75) is 31.1 Å². The van der Waals surface area contributed by atoms with Crippen molar-refractivity contribution in [2.75, 3.05) is 10.6 Å². The van der Waals surface area contributed by atoms with E-state index in [1.807, 2.05) is 12.1 Å². The van der Waals surface area contributed by atoms with Crippen LogP contribution in [0.2, 0.25) is 0 Å². The van der Waals surface area contributed by atoms with Crippen LogP contribution < -0.4 is 10.6 Å². The summed E-state index contributed by atoms with van der Waals surface area (Å²) in [7, 11) is 0. The maximum Gasteiger partial charge on any atom is 0.212 e. The zero-order chi connectivity index (χ0) is 16.1. The Morgan fingerprint density at radius 2 is 1.26 bits per heavy atom. The molecule has 0 aliphatic heterocycles. The number of anilines is 2. The average Bonchev–Trinajstić information content (AvgIpc) is 3.07. The van der Waals surface area contributed by atoms with E-state index < -0.39 is 0 Å². The van der Waals surface area contributed by atoms with Crippen molar-refractivity contribution in [1.29, 1.82) is 0 Å². The van der Waals surface area contributed by atoms with E-state index in [2.05, 4.69) is 31.0 Å². The van der Waals surface area contributed by atoms with Gasteiger partial charge in [-0.15, -0.1) is 10.2 Å². The molecule has 2 atom stereocenters. The number of hydrogen-bond donors (Lipinski definition) is 2. The van der Waals surface area contributed by atoms with Crippen molar-refractivity contribution < 1.29 is 9.59 Å². The molecule has 0 aromatic carbocycles. The molecular weight excluding hydrogens is 296 g/mol. The van der Waals surface area contributed by atoms with Crippen molar-refractivity contribution in [3.63, 3.8) is 0 Å². The second-order valence-corrected chi connectivity index (χ2v) is 5.42. The van der Waals surface area contributed by atoms with E-state index in [-0.39, 0.29) is 0 Å². The molecule has 0 radical (unpaired) electrons. The lowest BCUT2D eigenvalue weighted by Gasteiger charge is -2.10. The molecule has 2 unspecified atom stereocenters. The van der Waals surface area contributed by atoms with Gasteiger partial charge in [-0.1, -0.05) is 0 Å². The number of rotatable bonds is 6. The van der Waals surface area contributed by atoms with Crippen molar-refractivity contribution >= 4 is 24.5 Å². The fraction of sp³-hybridized carbons (Fsp3) is 0.333. The summed E-state index contributed by atoms with van der Waals surface area (Å²) in [5, 5.41) is 21.3. The molecule has 1 fully saturated rings. The van der Waals surface area contributed by atoms with E-state index >= 15 is 0 Å². The number of hydrogen-bond acceptors (Lipinski definition) is 6. The highest BCUT2D eigenvalue weighted by atomic mass is 16.1. The van der Waals surface area contributed by atoms with Crippen molar-refractivity contribution in [1.82, 2.24) is 20.4 Å². The lowest BCUT2D eigenvalue weighted by atomic mass is 9.99. The molecule has 8 nitrogen and oxygen atoms in total. The van der Waals surface area contributed by atoms with Crippen LogP contribution in [-0.2, 0) is 9.59 Å². The van der Waals surface area contributed by atoms with Crippen LogP contribution in [0.4, 0.5) is 11.6 Å². The molecule has 1 aliphatic carbocycles. The predicted molar refractivity (Wildman–Crippen MR) is 82.8 cm³/mol. The van der Waals surface area contributed by atoms with E-state index in [1.54, 1.807) is 12.1 Å². The molecule has 23 heavy (non-hydrogen) atoms. The first-order valence-electron chi connectivity index (χ1n) is 7.37. The Balaban J connectivity index is 1.65. The summed E-state index contributed by atoms with van der Waals surface area (Å²) in [6, 6.07) is 7.30. The second-order valence-electron chi connectivity index (χ2n) is 5.42. The summed E-state index contributed by atoms with van der Waals surface area (Å²) in [4.78, 5) is 20.7. The molecule has 118 valence electrons. The maximum atomic E-state index is 10.4. The largest absolute Gasteiger partial charge is 0.312 e. The Hall–Kier alpha value is -2.90. The molecule has 1 saturated carbocycles. The molecule has 3 rings (SSSR count). The number of carbonyl (C=O) groups excluding carboxylic acids is 2. The van der Waals surface area contributed by atoms with E-state index in [0.29, 0.717) is 36.3 Å². The van der Waals surface area contributed by atoms with Gasteiger partial charge in [-0.2, -0.15) is 10.2 Å². The number of nitrogens with zero attached hydrogens (tertiary/aromatic N) is 4. The molecule has 0 spiro atoms. The van der Waals surface area contributed by atoms with Gasteiger partial charge >= 0.3 is 0 Å². The summed E-state index contributed by atoms with van der Waals surface area (Å²) >= 11 is 0. The number of nitrogens with one attached hydrogen (secondary N) is 2. The Bertz CT molecular complexity index is 614. The first-order valence-corrected chi connectivity index (χ1v) is 7.37. The first-order chi connectivity index (χ1) is 11.3. The van der Waals surface area contributed by atoms with Crippen LogP contribution >= 0.6 is 0 Å². The number of amides is 2. The van der Waals surface area contributed by atoms with Gasteiger partial charge in [0.25, 0.3) is 0 Å². The lowest BCUT2D eigenvalue weighted by molar-refractivity contribution is -0.106. The number of carbonyl (C=O) groups is 2. The average molecular weight is 312 g/mol. The van der Waals surface area contributed by atoms with Gasteiger partial charge in [0.05, 0.1) is 11.4 Å². The van der Waals surface area contributed by atoms with Gasteiger partial charge in [-0.05, 0) is 43.5 Å². The zero-order valence-electron chi connectivity index (χ0n) is 12.3. The summed E-state index contributed by atoms with van der Waals surface area (Å²) in [5.74, 6) is 1.55. The minimum atomic E-state index is 0.326. The minimum Gasteiger partial charge on any atom is -0.312 e. The predicted octanol–water partition coefficient (Wildman–Crippen LogP) is 1.45. The number of aromatic nitrogens is 4. The SMILES string of the molecule is O=CNc1ccc(C2CCC(c3ccc(NC=O)nn3)C2)nn1. The molecule has 2 aromatic rings. The van der Waals surface area contributed by atoms with Crippen molar-refractivity contribution in [3.05, 3.63) is 35.7 Å². The van der Waals surface area contributed by atoms with E-state index in [9.17, 15) is 9.59 Å². The van der Waals surface area contributed by atoms with Gasteiger partial charge in [0.1, 0.15) is 0 Å². The van der Waals surface area contributed by atoms with E-state index in [4.69, 9.17) is 0 Å². The second kappa shape index (κ2) is 6.91. The third-order valence-electron chi connectivity index (χ3n) is 4.05. The summed E-state index contributed by atoms with van der Waals surface area (Å²) < 4.78 is 0. The fourth-order valence-corrected chi connectivity index (χ4v) is 2.91. The van der Waals surface area contributed by atoms with Crippen molar-refractivity contribution in [3.8, 4) is 0 Å². The molecule has 2 heterocycles. The first kappa shape index (κ1) is 15.0. The molecular formula is C15H16N6O2. The van der Waals surface area contributed by atoms with Gasteiger partial charge in [0.15, 0.2) is 11.6 Å². The Kier molecular flexibility index (Phi) is 4.51. The quantitative estimate of drug-likeness (QED) is 0.781. The highest BCUT2D eigenvalue weighted by Gasteiger charge is 2.29. The summed E-state index contributed by atoms with van der Waals surface area (Å²) in [6.07, 6.45) is 4.12. The summed E-state index contributed by atoms with van der Waals surface area (Å²) in [6.45, 7) is 0. The standard InChI is InChI=1S/C15H16N6O2/c22-8-16-14-5-3-12(18-20-14)10-1-2-11(7-10)13-4-6-15(17-9-23)21-19-13/h3-6,8-11H,1-2,7H2,(H,16,20,22)(H,17,21,23). The summed E-state index contributed by atoms with van der Waals surface area (Å²) in [5.41, 5.74) is 1.85. The molecule has 8 heteroatoms. The maximum absolute atomic E-state index is 10.4. The van der Waals surface area contributed by atoms with Crippen LogP contribution in [0.1, 0.15) is 42.5 Å². The topological polar surface area (TPSA) is 110 Å². The highest BCUT2D eigenvalue weighted by Crippen LogP contribution is 2.42. The molecule has 2 amide bonds. The third kappa shape index (κ3) is 3.47. The third-order valence-corrected chi connectivity index (χ3v) is 4.05. The van der Waals surface area contributed by atoms with Gasteiger partial charge < -0.3 is 10.6 Å². The van der Waals surface area contributed by atoms with Crippen LogP contribution in [-0.4, -0.2) is 33.2 Å². The van der Waals surface area contributed by atoms with E-state index in [1.165, 1.54) is 0 Å². The van der Waals surface area contributed by atoms with E-state index in [0.717, 1.165) is 30.7 Å². The minimum absolute atomic E-state index is 0.326. The van der Waals surface area contributed by atoms with Gasteiger partial charge in [-0.25, -0.2) is 0 Å². The molecule has 2 aromatic heterocycles. The van der Waals surface area contributed by atoms with Gasteiger partial charge in [0.2, 0.25) is 12.8 Å². The van der Waals surface area contributed by atoms with Gasteiger partial charge in [-0.3, -0.25) is 9.59 Å². The van der Waals surface area contributed by atoms with Crippen LogP contribution in [0.5, 0.6) is 0 Å². The Labute approximate surface area is 132 Å². The monoisotopic (exact) mass is 312 g/mol. The fourth-order valence-electron chi connectivity index (χ4n) is 2.91. The molecule has 2 N–H and O–H groups in total. The highest BCUT2D eigenvalue weighted by molar-refractivity contribution is 5.68. The smallest absolute Gasteiger partial charge is 0.212 e. The van der Waals surface area contributed by atoms with Crippen LogP contribution in [0.25, 0.3) is 0 Å². The Morgan fingerprint density at radius 1 is 0.783 bits per heavy atom. The van der Waals surface area contributed by atoms with Crippen LogP contribution in [0.15, 0.2) is 24.3 Å². The normalized spacial score (nSPS) is 20.0. The molecule has 1 aliphatic rings. The van der Waals surface area contributed by atoms with Crippen LogP contribution in [0.3, 0.4) is 0 Å². The van der Waals surface area contributed by atoms with Gasteiger partial charge in [0, 0.05) is 11.8 Å². The lowest BCUT2D eigenvalue weighted by Crippen LogP contribution is -2.05. The molecule has 0 bridgehead atoms. The zero-order valence-corrected chi connectivity index (χ0v) is 12.3.